The molecule has 1 aromatic carbocycles. The van der Waals surface area contributed by atoms with Gasteiger partial charge in [-0.1, -0.05) is 17.7 Å². The third kappa shape index (κ3) is 4.96. The van der Waals surface area contributed by atoms with E-state index < -0.39 is 5.97 Å². The molecule has 0 atom stereocenters. The van der Waals surface area contributed by atoms with E-state index in [4.69, 9.17) is 14.4 Å². The molecule has 0 saturated carbocycles. The standard InChI is InChI=1S/C20H22N2O4/c1-14-10-15(2)19(16(3)11-14)20(24)26-13-18(23)22(8-5-7-21)12-17-6-4-9-25-17/h4,6,9-11H,5,8,12-13H2,1-3H3. The topological polar surface area (TPSA) is 83.5 Å². The number of aryl methyl sites for hydroxylation is 3. The van der Waals surface area contributed by atoms with Gasteiger partial charge in [-0.15, -0.1) is 0 Å². The molecule has 136 valence electrons. The summed E-state index contributed by atoms with van der Waals surface area (Å²) >= 11 is 0. The summed E-state index contributed by atoms with van der Waals surface area (Å²) < 4.78 is 10.5. The number of hydrogen-bond acceptors (Lipinski definition) is 5. The smallest absolute Gasteiger partial charge is 0.339 e. The molecule has 0 unspecified atom stereocenters. The highest BCUT2D eigenvalue weighted by molar-refractivity contribution is 5.94. The highest BCUT2D eigenvalue weighted by Crippen LogP contribution is 2.17. The Morgan fingerprint density at radius 3 is 2.50 bits per heavy atom. The molecule has 0 N–H and O–H groups in total. The van der Waals surface area contributed by atoms with Crippen LogP contribution in [0.2, 0.25) is 0 Å². The molecule has 1 amide bonds. The summed E-state index contributed by atoms with van der Waals surface area (Å²) in [6, 6.07) is 9.30. The molecule has 0 radical (unpaired) electrons. The summed E-state index contributed by atoms with van der Waals surface area (Å²) in [5, 5.41) is 8.78. The van der Waals surface area contributed by atoms with E-state index in [1.165, 1.54) is 11.2 Å². The number of ether oxygens (including phenoxy) is 1. The van der Waals surface area contributed by atoms with E-state index in [1.54, 1.807) is 12.1 Å². The number of esters is 1. The van der Waals surface area contributed by atoms with Crippen LogP contribution in [0.3, 0.4) is 0 Å². The van der Waals surface area contributed by atoms with Gasteiger partial charge in [0.15, 0.2) is 6.61 Å². The molecule has 0 aliphatic rings. The largest absolute Gasteiger partial charge is 0.467 e. The van der Waals surface area contributed by atoms with Crippen molar-refractivity contribution in [1.29, 1.82) is 5.26 Å². The maximum atomic E-state index is 12.4. The lowest BCUT2D eigenvalue weighted by atomic mass is 10.00. The Balaban J connectivity index is 2.02. The number of benzene rings is 1. The van der Waals surface area contributed by atoms with Crippen LogP contribution in [0.25, 0.3) is 0 Å². The van der Waals surface area contributed by atoms with Crippen LogP contribution in [0.15, 0.2) is 34.9 Å². The molecule has 0 aliphatic carbocycles. The zero-order valence-electron chi connectivity index (χ0n) is 15.2. The summed E-state index contributed by atoms with van der Waals surface area (Å²) in [5.41, 5.74) is 3.18. The molecule has 2 rings (SSSR count). The number of amides is 1. The lowest BCUT2D eigenvalue weighted by Gasteiger charge is -2.20. The zero-order chi connectivity index (χ0) is 19.1. The average molecular weight is 354 g/mol. The van der Waals surface area contributed by atoms with E-state index in [-0.39, 0.29) is 32.0 Å². The van der Waals surface area contributed by atoms with Gasteiger partial charge >= 0.3 is 5.97 Å². The van der Waals surface area contributed by atoms with Gasteiger partial charge in [0.2, 0.25) is 0 Å². The quantitative estimate of drug-likeness (QED) is 0.712. The summed E-state index contributed by atoms with van der Waals surface area (Å²) in [6.45, 7) is 5.74. The molecule has 6 heteroatoms. The lowest BCUT2D eigenvalue weighted by Crippen LogP contribution is -2.35. The SMILES string of the molecule is Cc1cc(C)c(C(=O)OCC(=O)N(CCC#N)Cc2ccco2)c(C)c1. The predicted octanol–water partition coefficient (Wildman–Crippen LogP) is 3.30. The zero-order valence-corrected chi connectivity index (χ0v) is 15.2. The van der Waals surface area contributed by atoms with Crippen molar-refractivity contribution in [3.05, 3.63) is 58.5 Å². The van der Waals surface area contributed by atoms with Crippen molar-refractivity contribution in [3.63, 3.8) is 0 Å². The van der Waals surface area contributed by atoms with Crippen molar-refractivity contribution in [3.8, 4) is 6.07 Å². The predicted molar refractivity (Wildman–Crippen MR) is 95.3 cm³/mol. The van der Waals surface area contributed by atoms with Gasteiger partial charge in [-0.3, -0.25) is 4.79 Å². The van der Waals surface area contributed by atoms with Crippen LogP contribution in [0.1, 0.15) is 39.2 Å². The fourth-order valence-electron chi connectivity index (χ4n) is 2.86. The summed E-state index contributed by atoms with van der Waals surface area (Å²) in [5.74, 6) is -0.285. The maximum Gasteiger partial charge on any atom is 0.339 e. The molecule has 6 nitrogen and oxygen atoms in total. The van der Waals surface area contributed by atoms with E-state index in [0.717, 1.165) is 16.7 Å². The molecule has 0 saturated heterocycles. The number of carbonyl (C=O) groups excluding carboxylic acids is 2. The number of rotatable bonds is 7. The molecule has 2 aromatic rings. The minimum Gasteiger partial charge on any atom is -0.467 e. The Bertz CT molecular complexity index is 796. The fraction of sp³-hybridized carbons (Fsp3) is 0.350. The number of furan rings is 1. The maximum absolute atomic E-state index is 12.4. The van der Waals surface area contributed by atoms with E-state index in [1.807, 2.05) is 39.0 Å². The minimum absolute atomic E-state index is 0.191. The second-order valence-electron chi connectivity index (χ2n) is 6.15. The van der Waals surface area contributed by atoms with Crippen molar-refractivity contribution in [2.24, 2.45) is 0 Å². The van der Waals surface area contributed by atoms with E-state index in [9.17, 15) is 9.59 Å². The van der Waals surface area contributed by atoms with Crippen molar-refractivity contribution in [2.45, 2.75) is 33.7 Å². The summed E-state index contributed by atoms with van der Waals surface area (Å²) in [4.78, 5) is 26.3. The van der Waals surface area contributed by atoms with Crippen LogP contribution in [-0.2, 0) is 16.1 Å². The van der Waals surface area contributed by atoms with Crippen molar-refractivity contribution >= 4 is 11.9 Å². The molecule has 26 heavy (non-hydrogen) atoms. The lowest BCUT2D eigenvalue weighted by molar-refractivity contribution is -0.135. The first kappa shape index (κ1) is 19.3. The Morgan fingerprint density at radius 2 is 1.92 bits per heavy atom. The Morgan fingerprint density at radius 1 is 1.23 bits per heavy atom. The van der Waals surface area contributed by atoms with E-state index in [2.05, 4.69) is 0 Å². The van der Waals surface area contributed by atoms with Gasteiger partial charge in [-0.05, 0) is 44.0 Å². The molecule has 0 spiro atoms. The van der Waals surface area contributed by atoms with E-state index in [0.29, 0.717) is 11.3 Å². The molecular weight excluding hydrogens is 332 g/mol. The minimum atomic E-state index is -0.522. The number of carbonyl (C=O) groups is 2. The highest BCUT2D eigenvalue weighted by Gasteiger charge is 2.19. The Labute approximate surface area is 153 Å². The van der Waals surface area contributed by atoms with Crippen molar-refractivity contribution < 1.29 is 18.7 Å². The van der Waals surface area contributed by atoms with Gasteiger partial charge in [0.25, 0.3) is 5.91 Å². The van der Waals surface area contributed by atoms with Crippen LogP contribution in [0, 0.1) is 32.1 Å². The first-order valence-corrected chi connectivity index (χ1v) is 8.34. The molecule has 0 aliphatic heterocycles. The van der Waals surface area contributed by atoms with Crippen LogP contribution in [-0.4, -0.2) is 29.9 Å². The Kier molecular flexibility index (Phi) is 6.56. The van der Waals surface area contributed by atoms with Gasteiger partial charge in [0.05, 0.1) is 30.9 Å². The first-order chi connectivity index (χ1) is 12.4. The van der Waals surface area contributed by atoms with E-state index >= 15 is 0 Å². The van der Waals surface area contributed by atoms with Gasteiger partial charge in [0.1, 0.15) is 5.76 Å². The third-order valence-corrected chi connectivity index (χ3v) is 3.98. The third-order valence-electron chi connectivity index (χ3n) is 3.98. The second-order valence-corrected chi connectivity index (χ2v) is 6.15. The molecule has 1 aromatic heterocycles. The van der Waals surface area contributed by atoms with Gasteiger partial charge in [-0.2, -0.15) is 5.26 Å². The van der Waals surface area contributed by atoms with Crippen molar-refractivity contribution in [2.75, 3.05) is 13.2 Å². The van der Waals surface area contributed by atoms with Gasteiger partial charge < -0.3 is 14.1 Å². The number of hydrogen-bond donors (Lipinski definition) is 0. The van der Waals surface area contributed by atoms with Crippen LogP contribution in [0.4, 0.5) is 0 Å². The first-order valence-electron chi connectivity index (χ1n) is 8.34. The average Bonchev–Trinajstić information content (AvgIpc) is 3.08. The van der Waals surface area contributed by atoms with Crippen molar-refractivity contribution in [1.82, 2.24) is 4.90 Å². The molecule has 1 heterocycles. The number of nitriles is 1. The second kappa shape index (κ2) is 8.86. The monoisotopic (exact) mass is 354 g/mol. The molecular formula is C20H22N2O4. The normalized spacial score (nSPS) is 10.2. The molecule has 0 bridgehead atoms. The highest BCUT2D eigenvalue weighted by atomic mass is 16.5. The number of nitrogens with zero attached hydrogens (tertiary/aromatic N) is 2. The van der Waals surface area contributed by atoms with Gasteiger partial charge in [-0.25, -0.2) is 4.79 Å². The van der Waals surface area contributed by atoms with Crippen LogP contribution < -0.4 is 0 Å². The summed E-state index contributed by atoms with van der Waals surface area (Å²) in [6.07, 6.45) is 1.71. The van der Waals surface area contributed by atoms with Gasteiger partial charge in [0, 0.05) is 6.54 Å². The fourth-order valence-corrected chi connectivity index (χ4v) is 2.86. The Hall–Kier alpha value is -3.07. The molecule has 0 fully saturated rings. The van der Waals surface area contributed by atoms with Crippen LogP contribution in [0.5, 0.6) is 0 Å². The van der Waals surface area contributed by atoms with Crippen LogP contribution >= 0.6 is 0 Å². The summed E-state index contributed by atoms with van der Waals surface area (Å²) in [7, 11) is 0.